The van der Waals surface area contributed by atoms with Crippen molar-refractivity contribution in [2.45, 2.75) is 40.0 Å². The predicted molar refractivity (Wildman–Crippen MR) is 89.0 cm³/mol. The second-order valence-corrected chi connectivity index (χ2v) is 6.10. The Hall–Kier alpha value is -1.27. The molecule has 20 heavy (non-hydrogen) atoms. The van der Waals surface area contributed by atoms with Crippen LogP contribution in [0.25, 0.3) is 0 Å². The molecule has 0 fully saturated rings. The van der Waals surface area contributed by atoms with Crippen LogP contribution in [0, 0.1) is 27.7 Å². The van der Waals surface area contributed by atoms with Gasteiger partial charge in [0.2, 0.25) is 0 Å². The molecule has 1 heteroatoms. The van der Waals surface area contributed by atoms with Crippen LogP contribution in [0.2, 0.25) is 0 Å². The van der Waals surface area contributed by atoms with Crippen LogP contribution < -0.4 is 0 Å². The minimum Gasteiger partial charge on any atom is -0.126 e. The van der Waals surface area contributed by atoms with Crippen molar-refractivity contribution in [1.82, 2.24) is 0 Å². The third kappa shape index (κ3) is 3.24. The molecule has 0 saturated carbocycles. The maximum Gasteiger partial charge on any atom is 0.0295 e. The van der Waals surface area contributed by atoms with Crippen LogP contribution in [0.3, 0.4) is 0 Å². The Labute approximate surface area is 127 Å². The van der Waals surface area contributed by atoms with Crippen molar-refractivity contribution in [3.63, 3.8) is 0 Å². The molecule has 0 aromatic heterocycles. The van der Waals surface area contributed by atoms with Crippen molar-refractivity contribution >= 4 is 11.6 Å². The van der Waals surface area contributed by atoms with Crippen LogP contribution in [0.5, 0.6) is 0 Å². The maximum absolute atomic E-state index is 6.26. The molecule has 2 aromatic carbocycles. The summed E-state index contributed by atoms with van der Waals surface area (Å²) < 4.78 is 0. The Kier molecular flexibility index (Phi) is 4.88. The Morgan fingerprint density at radius 2 is 1.50 bits per heavy atom. The van der Waals surface area contributed by atoms with E-state index in [0.29, 0.717) is 11.8 Å². The quantitative estimate of drug-likeness (QED) is 0.652. The Bertz CT molecular complexity index is 575. The molecule has 2 rings (SSSR count). The molecule has 0 radical (unpaired) electrons. The topological polar surface area (TPSA) is 0 Å². The molecule has 106 valence electrons. The first kappa shape index (κ1) is 15.1. The second kappa shape index (κ2) is 6.45. The highest BCUT2D eigenvalue weighted by atomic mass is 35.5. The van der Waals surface area contributed by atoms with Crippen LogP contribution in [0.1, 0.15) is 39.3 Å². The third-order valence-corrected chi connectivity index (χ3v) is 4.48. The van der Waals surface area contributed by atoms with Crippen molar-refractivity contribution in [3.8, 4) is 0 Å². The first-order valence-corrected chi connectivity index (χ1v) is 7.74. The van der Waals surface area contributed by atoms with Gasteiger partial charge in [0.15, 0.2) is 0 Å². The largest absolute Gasteiger partial charge is 0.126 e. The number of rotatable bonds is 4. The van der Waals surface area contributed by atoms with Crippen LogP contribution in [0.15, 0.2) is 36.4 Å². The minimum atomic E-state index is 0.387. The highest BCUT2D eigenvalue weighted by Crippen LogP contribution is 2.28. The molecule has 0 amide bonds. The number of alkyl halides is 1. The molecule has 0 aliphatic carbocycles. The Morgan fingerprint density at radius 3 is 2.05 bits per heavy atom. The molecule has 0 spiro atoms. The van der Waals surface area contributed by atoms with Crippen molar-refractivity contribution in [2.24, 2.45) is 0 Å². The summed E-state index contributed by atoms with van der Waals surface area (Å²) in [6.45, 7) is 8.74. The maximum atomic E-state index is 6.26. The number of halogens is 1. The second-order valence-electron chi connectivity index (χ2n) is 5.79. The monoisotopic (exact) mass is 286 g/mol. The van der Waals surface area contributed by atoms with Crippen LogP contribution >= 0.6 is 11.6 Å². The molecule has 0 aliphatic rings. The molecule has 0 nitrogen and oxygen atoms in total. The summed E-state index contributed by atoms with van der Waals surface area (Å²) in [5.74, 6) is 1.05. The van der Waals surface area contributed by atoms with Gasteiger partial charge in [-0.3, -0.25) is 0 Å². The number of benzene rings is 2. The van der Waals surface area contributed by atoms with Gasteiger partial charge in [0.25, 0.3) is 0 Å². The van der Waals surface area contributed by atoms with Gasteiger partial charge in [-0.25, -0.2) is 0 Å². The Morgan fingerprint density at radius 1 is 0.900 bits per heavy atom. The van der Waals surface area contributed by atoms with E-state index in [1.54, 1.807) is 0 Å². The molecule has 2 aromatic rings. The van der Waals surface area contributed by atoms with Gasteiger partial charge in [-0.15, -0.1) is 11.6 Å². The summed E-state index contributed by atoms with van der Waals surface area (Å²) in [5, 5.41) is 0. The highest BCUT2D eigenvalue weighted by Gasteiger charge is 2.16. The molecule has 1 atom stereocenters. The lowest BCUT2D eigenvalue weighted by Crippen LogP contribution is -2.09. The van der Waals surface area contributed by atoms with Crippen LogP contribution in [-0.2, 0) is 6.42 Å². The summed E-state index contributed by atoms with van der Waals surface area (Å²) >= 11 is 6.26. The summed E-state index contributed by atoms with van der Waals surface area (Å²) in [7, 11) is 0. The van der Waals surface area contributed by atoms with Crippen molar-refractivity contribution in [1.29, 1.82) is 0 Å². The van der Waals surface area contributed by atoms with Gasteiger partial charge >= 0.3 is 0 Å². The SMILES string of the molecule is Cc1cc(C)c(CC(CCl)c2ccccc2C)c(C)c1. The average Bonchev–Trinajstić information content (AvgIpc) is 2.39. The number of hydrogen-bond donors (Lipinski definition) is 0. The lowest BCUT2D eigenvalue weighted by Gasteiger charge is -2.20. The molecule has 1 unspecified atom stereocenters. The van der Waals surface area contributed by atoms with E-state index < -0.39 is 0 Å². The van der Waals surface area contributed by atoms with E-state index in [-0.39, 0.29) is 0 Å². The zero-order valence-electron chi connectivity index (χ0n) is 12.8. The van der Waals surface area contributed by atoms with Gasteiger partial charge < -0.3 is 0 Å². The van der Waals surface area contributed by atoms with Crippen molar-refractivity contribution in [3.05, 3.63) is 69.8 Å². The smallest absolute Gasteiger partial charge is 0.0295 e. The summed E-state index contributed by atoms with van der Waals surface area (Å²) in [6.07, 6.45) is 1.02. The Balaban J connectivity index is 2.35. The third-order valence-electron chi connectivity index (χ3n) is 4.11. The van der Waals surface area contributed by atoms with E-state index in [9.17, 15) is 0 Å². The molecule has 0 N–H and O–H groups in total. The predicted octanol–water partition coefficient (Wildman–Crippen LogP) is 5.49. The average molecular weight is 287 g/mol. The van der Waals surface area contributed by atoms with Gasteiger partial charge in [-0.05, 0) is 61.9 Å². The fraction of sp³-hybridized carbons (Fsp3) is 0.368. The lowest BCUT2D eigenvalue weighted by molar-refractivity contribution is 0.752. The van der Waals surface area contributed by atoms with Crippen molar-refractivity contribution < 1.29 is 0 Å². The van der Waals surface area contributed by atoms with E-state index in [4.69, 9.17) is 11.6 Å². The fourth-order valence-corrected chi connectivity index (χ4v) is 3.35. The van der Waals surface area contributed by atoms with Gasteiger partial charge in [0.05, 0.1) is 0 Å². The molecular weight excluding hydrogens is 264 g/mol. The van der Waals surface area contributed by atoms with Gasteiger partial charge in [-0.2, -0.15) is 0 Å². The van der Waals surface area contributed by atoms with Gasteiger partial charge in [0.1, 0.15) is 0 Å². The fourth-order valence-electron chi connectivity index (χ4n) is 3.07. The van der Waals surface area contributed by atoms with E-state index in [0.717, 1.165) is 6.42 Å². The van der Waals surface area contributed by atoms with Crippen LogP contribution in [-0.4, -0.2) is 5.88 Å². The zero-order valence-corrected chi connectivity index (χ0v) is 13.6. The first-order chi connectivity index (χ1) is 9.52. The van der Waals surface area contributed by atoms with E-state index in [2.05, 4.69) is 64.1 Å². The summed E-state index contributed by atoms with van der Waals surface area (Å²) in [5.41, 5.74) is 8.26. The standard InChI is InChI=1S/C19H23Cl/c1-13-9-15(3)19(16(4)10-13)11-17(12-20)18-8-6-5-7-14(18)2/h5-10,17H,11-12H2,1-4H3. The van der Waals surface area contributed by atoms with E-state index in [1.165, 1.54) is 33.4 Å². The van der Waals surface area contributed by atoms with E-state index in [1.807, 2.05) is 0 Å². The normalized spacial score (nSPS) is 12.4. The first-order valence-electron chi connectivity index (χ1n) is 7.21. The molecule has 0 bridgehead atoms. The van der Waals surface area contributed by atoms with Crippen LogP contribution in [0.4, 0.5) is 0 Å². The van der Waals surface area contributed by atoms with Crippen molar-refractivity contribution in [2.75, 3.05) is 5.88 Å². The molecule has 0 heterocycles. The number of hydrogen-bond acceptors (Lipinski definition) is 0. The molecular formula is C19H23Cl. The zero-order chi connectivity index (χ0) is 14.7. The van der Waals surface area contributed by atoms with E-state index >= 15 is 0 Å². The summed E-state index contributed by atoms with van der Waals surface area (Å²) in [6, 6.07) is 13.1. The number of aryl methyl sites for hydroxylation is 4. The minimum absolute atomic E-state index is 0.387. The molecule has 0 saturated heterocycles. The highest BCUT2D eigenvalue weighted by molar-refractivity contribution is 6.18. The summed E-state index contributed by atoms with van der Waals surface area (Å²) in [4.78, 5) is 0. The lowest BCUT2D eigenvalue weighted by atomic mass is 9.87. The molecule has 0 aliphatic heterocycles. The van der Waals surface area contributed by atoms with Gasteiger partial charge in [-0.1, -0.05) is 42.0 Å². The van der Waals surface area contributed by atoms with Gasteiger partial charge in [0, 0.05) is 11.8 Å².